The SMILES string of the molecule is O=C(C1CC1(F)c1ccccc1-c1c(F)cccc1F)N1CCCCCC1. The average Bonchev–Trinajstić information content (AvgIpc) is 3.41. The minimum atomic E-state index is -1.87. The Morgan fingerprint density at radius 3 is 2.22 bits per heavy atom. The van der Waals surface area contributed by atoms with Crippen molar-refractivity contribution < 1.29 is 18.0 Å². The van der Waals surface area contributed by atoms with Gasteiger partial charge in [0.25, 0.3) is 0 Å². The lowest BCUT2D eigenvalue weighted by Crippen LogP contribution is -2.34. The molecule has 2 nitrogen and oxygen atoms in total. The molecule has 0 bridgehead atoms. The molecule has 142 valence electrons. The Morgan fingerprint density at radius 2 is 1.56 bits per heavy atom. The molecule has 2 fully saturated rings. The summed E-state index contributed by atoms with van der Waals surface area (Å²) in [6.45, 7) is 1.32. The van der Waals surface area contributed by atoms with Crippen LogP contribution in [0.5, 0.6) is 0 Å². The number of amides is 1. The minimum absolute atomic E-state index is 0.0649. The summed E-state index contributed by atoms with van der Waals surface area (Å²) >= 11 is 0. The van der Waals surface area contributed by atoms with Gasteiger partial charge in [0.15, 0.2) is 0 Å². The molecule has 2 aromatic rings. The van der Waals surface area contributed by atoms with Gasteiger partial charge < -0.3 is 4.90 Å². The van der Waals surface area contributed by atoms with E-state index in [1.807, 2.05) is 0 Å². The zero-order chi connectivity index (χ0) is 19.0. The summed E-state index contributed by atoms with van der Waals surface area (Å²) in [6.07, 6.45) is 4.12. The highest BCUT2D eigenvalue weighted by molar-refractivity contribution is 5.85. The molecule has 0 spiro atoms. The van der Waals surface area contributed by atoms with E-state index in [0.717, 1.165) is 37.8 Å². The maximum Gasteiger partial charge on any atom is 0.229 e. The predicted octanol–water partition coefficient (Wildman–Crippen LogP) is 5.22. The molecular formula is C22H22F3NO. The molecule has 1 amide bonds. The first kappa shape index (κ1) is 18.1. The standard InChI is InChI=1S/C22H22F3NO/c23-18-10-7-11-19(24)20(18)15-8-3-4-9-16(15)22(25)14-17(22)21(27)26-12-5-1-2-6-13-26/h3-4,7-11,17H,1-2,5-6,12-14H2. The number of hydrogen-bond acceptors (Lipinski definition) is 1. The molecule has 0 aromatic heterocycles. The summed E-state index contributed by atoms with van der Waals surface area (Å²) in [5, 5.41) is 0. The van der Waals surface area contributed by atoms with Crippen molar-refractivity contribution >= 4 is 5.91 Å². The molecule has 1 aliphatic heterocycles. The zero-order valence-corrected chi connectivity index (χ0v) is 15.1. The van der Waals surface area contributed by atoms with Gasteiger partial charge in [0.1, 0.15) is 17.3 Å². The second-order valence-electron chi connectivity index (χ2n) is 7.50. The van der Waals surface area contributed by atoms with Gasteiger partial charge >= 0.3 is 0 Å². The normalized spacial score (nSPS) is 25.1. The zero-order valence-electron chi connectivity index (χ0n) is 15.1. The second-order valence-corrected chi connectivity index (χ2v) is 7.50. The van der Waals surface area contributed by atoms with Crippen LogP contribution in [0.2, 0.25) is 0 Å². The summed E-state index contributed by atoms with van der Waals surface area (Å²) in [5.74, 6) is -2.42. The van der Waals surface area contributed by atoms with Crippen LogP contribution in [-0.2, 0) is 10.5 Å². The number of halogens is 3. The third-order valence-electron chi connectivity index (χ3n) is 5.72. The first-order valence-corrected chi connectivity index (χ1v) is 9.54. The number of likely N-dealkylation sites (tertiary alicyclic amines) is 1. The van der Waals surface area contributed by atoms with Gasteiger partial charge in [-0.1, -0.05) is 43.2 Å². The lowest BCUT2D eigenvalue weighted by molar-refractivity contribution is -0.133. The van der Waals surface area contributed by atoms with Crippen molar-refractivity contribution in [1.29, 1.82) is 0 Å². The van der Waals surface area contributed by atoms with Gasteiger partial charge in [0.05, 0.1) is 11.5 Å². The topological polar surface area (TPSA) is 20.3 Å². The molecule has 4 rings (SSSR count). The Hall–Kier alpha value is -2.30. The van der Waals surface area contributed by atoms with Crippen molar-refractivity contribution in [3.05, 3.63) is 59.7 Å². The van der Waals surface area contributed by atoms with Crippen molar-refractivity contribution in [2.24, 2.45) is 5.92 Å². The van der Waals surface area contributed by atoms with Gasteiger partial charge in [-0.25, -0.2) is 13.2 Å². The third kappa shape index (κ3) is 3.24. The fourth-order valence-electron chi connectivity index (χ4n) is 4.15. The van der Waals surface area contributed by atoms with Gasteiger partial charge in [-0.3, -0.25) is 4.79 Å². The Bertz CT molecular complexity index is 840. The van der Waals surface area contributed by atoms with Crippen LogP contribution < -0.4 is 0 Å². The molecule has 2 aromatic carbocycles. The van der Waals surface area contributed by atoms with Crippen LogP contribution in [0.25, 0.3) is 11.1 Å². The Balaban J connectivity index is 1.66. The smallest absolute Gasteiger partial charge is 0.229 e. The van der Waals surface area contributed by atoms with Gasteiger partial charge in [-0.2, -0.15) is 0 Å². The van der Waals surface area contributed by atoms with E-state index in [2.05, 4.69) is 0 Å². The van der Waals surface area contributed by atoms with Crippen LogP contribution in [0.4, 0.5) is 13.2 Å². The quantitative estimate of drug-likeness (QED) is 0.722. The lowest BCUT2D eigenvalue weighted by Gasteiger charge is -2.22. The van der Waals surface area contributed by atoms with E-state index in [1.165, 1.54) is 18.2 Å². The maximum absolute atomic E-state index is 15.7. The fraction of sp³-hybridized carbons (Fsp3) is 0.409. The summed E-state index contributed by atoms with van der Waals surface area (Å²) in [7, 11) is 0. The molecule has 2 aliphatic rings. The van der Waals surface area contributed by atoms with Crippen LogP contribution in [0.3, 0.4) is 0 Å². The lowest BCUT2D eigenvalue weighted by atomic mass is 9.93. The number of benzene rings is 2. The van der Waals surface area contributed by atoms with E-state index in [0.29, 0.717) is 13.1 Å². The first-order valence-electron chi connectivity index (χ1n) is 9.54. The van der Waals surface area contributed by atoms with Gasteiger partial charge in [-0.15, -0.1) is 0 Å². The summed E-state index contributed by atoms with van der Waals surface area (Å²) in [5.41, 5.74) is -1.73. The van der Waals surface area contributed by atoms with Gasteiger partial charge in [-0.05, 0) is 36.1 Å². The largest absolute Gasteiger partial charge is 0.342 e. The summed E-state index contributed by atoms with van der Waals surface area (Å²) in [4.78, 5) is 14.6. The highest BCUT2D eigenvalue weighted by Crippen LogP contribution is 2.58. The maximum atomic E-state index is 15.7. The monoisotopic (exact) mass is 373 g/mol. The summed E-state index contributed by atoms with van der Waals surface area (Å²) in [6, 6.07) is 9.93. The number of nitrogens with zero attached hydrogens (tertiary/aromatic N) is 1. The number of rotatable bonds is 3. The molecule has 27 heavy (non-hydrogen) atoms. The van der Waals surface area contributed by atoms with Crippen molar-refractivity contribution in [3.63, 3.8) is 0 Å². The van der Waals surface area contributed by atoms with E-state index in [4.69, 9.17) is 0 Å². The van der Waals surface area contributed by atoms with Crippen LogP contribution in [0, 0.1) is 17.6 Å². The molecular weight excluding hydrogens is 351 g/mol. The highest BCUT2D eigenvalue weighted by Gasteiger charge is 2.62. The average molecular weight is 373 g/mol. The van der Waals surface area contributed by atoms with Crippen molar-refractivity contribution in [1.82, 2.24) is 4.90 Å². The predicted molar refractivity (Wildman–Crippen MR) is 97.7 cm³/mol. The number of carbonyl (C=O) groups is 1. The van der Waals surface area contributed by atoms with Crippen molar-refractivity contribution in [3.8, 4) is 11.1 Å². The van der Waals surface area contributed by atoms with E-state index < -0.39 is 23.2 Å². The molecule has 5 heteroatoms. The van der Waals surface area contributed by atoms with Crippen LogP contribution >= 0.6 is 0 Å². The molecule has 2 unspecified atom stereocenters. The highest BCUT2D eigenvalue weighted by atomic mass is 19.1. The van der Waals surface area contributed by atoms with E-state index in [9.17, 15) is 13.6 Å². The van der Waals surface area contributed by atoms with E-state index in [1.54, 1.807) is 17.0 Å². The molecule has 2 atom stereocenters. The number of alkyl halides is 1. The Labute approximate surface area is 157 Å². The summed E-state index contributed by atoms with van der Waals surface area (Å²) < 4.78 is 44.3. The Kier molecular flexibility index (Phi) is 4.70. The minimum Gasteiger partial charge on any atom is -0.342 e. The van der Waals surface area contributed by atoms with E-state index in [-0.39, 0.29) is 29.0 Å². The number of hydrogen-bond donors (Lipinski definition) is 0. The molecule has 1 heterocycles. The van der Waals surface area contributed by atoms with Gasteiger partial charge in [0.2, 0.25) is 5.91 Å². The third-order valence-corrected chi connectivity index (χ3v) is 5.72. The number of carbonyl (C=O) groups excluding carboxylic acids is 1. The van der Waals surface area contributed by atoms with Gasteiger partial charge in [0, 0.05) is 19.5 Å². The molecule has 0 N–H and O–H groups in total. The Morgan fingerprint density at radius 1 is 0.926 bits per heavy atom. The van der Waals surface area contributed by atoms with Crippen molar-refractivity contribution in [2.75, 3.05) is 13.1 Å². The molecule has 1 saturated carbocycles. The molecule has 0 radical (unpaired) electrons. The van der Waals surface area contributed by atoms with Crippen LogP contribution in [-0.4, -0.2) is 23.9 Å². The molecule has 1 saturated heterocycles. The van der Waals surface area contributed by atoms with Crippen LogP contribution in [0.1, 0.15) is 37.7 Å². The van der Waals surface area contributed by atoms with E-state index >= 15 is 4.39 Å². The first-order chi connectivity index (χ1) is 13.0. The fourth-order valence-corrected chi connectivity index (χ4v) is 4.15. The second kappa shape index (κ2) is 7.02. The van der Waals surface area contributed by atoms with Crippen molar-refractivity contribution in [2.45, 2.75) is 37.8 Å². The molecule has 1 aliphatic carbocycles. The van der Waals surface area contributed by atoms with Crippen LogP contribution in [0.15, 0.2) is 42.5 Å².